The number of aromatic nitrogens is 1. The van der Waals surface area contributed by atoms with Gasteiger partial charge in [0.05, 0.1) is 18.7 Å². The van der Waals surface area contributed by atoms with Gasteiger partial charge in [-0.05, 0) is 29.8 Å². The van der Waals surface area contributed by atoms with Gasteiger partial charge in [-0.3, -0.25) is 14.7 Å². The van der Waals surface area contributed by atoms with Crippen LogP contribution in [0.15, 0.2) is 30.5 Å². The Morgan fingerprint density at radius 2 is 2.09 bits per heavy atom. The number of nitrogens with zero attached hydrogens (tertiary/aromatic N) is 2. The Labute approximate surface area is 129 Å². The fourth-order valence-corrected chi connectivity index (χ4v) is 2.89. The quantitative estimate of drug-likeness (QED) is 0.935. The smallest absolute Gasteiger partial charge is 0.135 e. The Bertz CT molecular complexity index is 677. The van der Waals surface area contributed by atoms with Crippen LogP contribution in [-0.4, -0.2) is 47.5 Å². The van der Waals surface area contributed by atoms with Crippen LogP contribution in [0.1, 0.15) is 24.5 Å². The zero-order valence-corrected chi connectivity index (χ0v) is 12.7. The summed E-state index contributed by atoms with van der Waals surface area (Å²) in [6, 6.07) is 7.51. The van der Waals surface area contributed by atoms with E-state index in [1.54, 1.807) is 13.3 Å². The molecular weight excluding hydrogens is 280 g/mol. The lowest BCUT2D eigenvalue weighted by molar-refractivity contribution is -0.121. The molecule has 1 unspecified atom stereocenters. The lowest BCUT2D eigenvalue weighted by Gasteiger charge is -2.28. The van der Waals surface area contributed by atoms with Crippen molar-refractivity contribution in [1.29, 1.82) is 0 Å². The first-order valence-electron chi connectivity index (χ1n) is 7.52. The fraction of sp³-hybridized carbons (Fsp3) is 0.412. The molecule has 1 fully saturated rings. The number of carbonyl (C=O) groups is 1. The summed E-state index contributed by atoms with van der Waals surface area (Å²) < 4.78 is 5.26. The van der Waals surface area contributed by atoms with E-state index in [2.05, 4.69) is 9.88 Å². The number of ether oxygens (including phenoxy) is 1. The monoisotopic (exact) mass is 300 g/mol. The maximum Gasteiger partial charge on any atom is 0.135 e. The third-order valence-electron chi connectivity index (χ3n) is 4.19. The highest BCUT2D eigenvalue weighted by molar-refractivity contribution is 5.84. The van der Waals surface area contributed by atoms with Crippen LogP contribution in [0.25, 0.3) is 10.9 Å². The second-order valence-electron chi connectivity index (χ2n) is 5.64. The number of aliphatic hydroxyl groups excluding tert-OH is 1. The molecule has 2 heterocycles. The van der Waals surface area contributed by atoms with Gasteiger partial charge in [-0.2, -0.15) is 0 Å². The highest BCUT2D eigenvalue weighted by Gasteiger charge is 2.20. The number of Topliss-reactive ketones (excluding diaryl/α,β-unsaturated/α-hetero) is 1. The highest BCUT2D eigenvalue weighted by atomic mass is 16.5. The molecule has 116 valence electrons. The molecule has 1 aromatic heterocycles. The molecule has 1 aliphatic rings. The number of benzene rings is 1. The van der Waals surface area contributed by atoms with Crippen molar-refractivity contribution < 1.29 is 14.6 Å². The predicted molar refractivity (Wildman–Crippen MR) is 83.9 cm³/mol. The SMILES string of the molecule is COc1ccc2nccc(C(O)CN3CCC(=O)CC3)c2c1. The van der Waals surface area contributed by atoms with Gasteiger partial charge >= 0.3 is 0 Å². The van der Waals surface area contributed by atoms with Gasteiger partial charge in [0.2, 0.25) is 0 Å². The summed E-state index contributed by atoms with van der Waals surface area (Å²) in [4.78, 5) is 17.8. The summed E-state index contributed by atoms with van der Waals surface area (Å²) in [5.74, 6) is 1.06. The van der Waals surface area contributed by atoms with E-state index >= 15 is 0 Å². The highest BCUT2D eigenvalue weighted by Crippen LogP contribution is 2.27. The zero-order chi connectivity index (χ0) is 15.5. The second-order valence-corrected chi connectivity index (χ2v) is 5.64. The van der Waals surface area contributed by atoms with Crippen molar-refractivity contribution >= 4 is 16.7 Å². The zero-order valence-electron chi connectivity index (χ0n) is 12.7. The first-order valence-corrected chi connectivity index (χ1v) is 7.52. The summed E-state index contributed by atoms with van der Waals surface area (Å²) in [5, 5.41) is 11.5. The number of likely N-dealkylation sites (tertiary alicyclic amines) is 1. The topological polar surface area (TPSA) is 62.7 Å². The molecule has 2 aromatic rings. The minimum absolute atomic E-state index is 0.310. The van der Waals surface area contributed by atoms with Gasteiger partial charge in [0.1, 0.15) is 11.5 Å². The predicted octanol–water partition coefficient (Wildman–Crippen LogP) is 1.94. The maximum absolute atomic E-state index is 11.3. The normalized spacial score (nSPS) is 17.6. The lowest BCUT2D eigenvalue weighted by atomic mass is 10.0. The number of ketones is 1. The summed E-state index contributed by atoms with van der Waals surface area (Å²) in [5.41, 5.74) is 1.69. The van der Waals surface area contributed by atoms with Crippen molar-refractivity contribution in [2.45, 2.75) is 18.9 Å². The number of rotatable bonds is 4. The van der Waals surface area contributed by atoms with Gasteiger partial charge in [0, 0.05) is 44.1 Å². The fourth-order valence-electron chi connectivity index (χ4n) is 2.89. The molecule has 5 heteroatoms. The molecule has 0 amide bonds. The van der Waals surface area contributed by atoms with Crippen LogP contribution in [0.3, 0.4) is 0 Å². The Kier molecular flexibility index (Phi) is 4.36. The molecule has 0 spiro atoms. The molecule has 1 aromatic carbocycles. The molecule has 1 N–H and O–H groups in total. The Balaban J connectivity index is 1.83. The van der Waals surface area contributed by atoms with Gasteiger partial charge in [0.25, 0.3) is 0 Å². The molecule has 1 saturated heterocycles. The third-order valence-corrected chi connectivity index (χ3v) is 4.19. The number of β-amino-alcohol motifs (C(OH)–C–C–N with tert-alkyl or cyclic N) is 1. The van der Waals surface area contributed by atoms with Crippen LogP contribution in [-0.2, 0) is 4.79 Å². The molecule has 0 saturated carbocycles. The summed E-state index contributed by atoms with van der Waals surface area (Å²) in [6.07, 6.45) is 2.27. The molecule has 1 aliphatic heterocycles. The average molecular weight is 300 g/mol. The number of aliphatic hydroxyl groups is 1. The lowest BCUT2D eigenvalue weighted by Crippen LogP contribution is -2.36. The number of pyridine rings is 1. The van der Waals surface area contributed by atoms with E-state index in [1.165, 1.54) is 0 Å². The first kappa shape index (κ1) is 14.9. The van der Waals surface area contributed by atoms with E-state index in [4.69, 9.17) is 4.74 Å². The third kappa shape index (κ3) is 3.10. The Hall–Kier alpha value is -1.98. The van der Waals surface area contributed by atoms with Crippen molar-refractivity contribution in [3.05, 3.63) is 36.0 Å². The van der Waals surface area contributed by atoms with Gasteiger partial charge in [-0.25, -0.2) is 0 Å². The van der Waals surface area contributed by atoms with E-state index in [-0.39, 0.29) is 0 Å². The average Bonchev–Trinajstić information content (AvgIpc) is 2.55. The first-order chi connectivity index (χ1) is 10.7. The summed E-state index contributed by atoms with van der Waals surface area (Å²) in [6.45, 7) is 1.98. The van der Waals surface area contributed by atoms with E-state index < -0.39 is 6.10 Å². The van der Waals surface area contributed by atoms with Crippen molar-refractivity contribution in [1.82, 2.24) is 9.88 Å². The Morgan fingerprint density at radius 1 is 1.32 bits per heavy atom. The maximum atomic E-state index is 11.3. The molecule has 22 heavy (non-hydrogen) atoms. The molecule has 0 aliphatic carbocycles. The summed E-state index contributed by atoms with van der Waals surface area (Å²) >= 11 is 0. The number of carbonyl (C=O) groups excluding carboxylic acids is 1. The second kappa shape index (κ2) is 6.42. The van der Waals surface area contributed by atoms with Crippen LogP contribution < -0.4 is 4.74 Å². The molecule has 1 atom stereocenters. The van der Waals surface area contributed by atoms with E-state index in [9.17, 15) is 9.90 Å². The standard InChI is InChI=1S/C17H20N2O3/c1-22-13-2-3-16-15(10-13)14(4-7-18-16)17(21)11-19-8-5-12(20)6-9-19/h2-4,7,10,17,21H,5-6,8-9,11H2,1H3. The molecule has 0 radical (unpaired) electrons. The number of hydrogen-bond donors (Lipinski definition) is 1. The van der Waals surface area contributed by atoms with E-state index in [0.717, 1.165) is 35.3 Å². The van der Waals surface area contributed by atoms with Gasteiger partial charge in [0.15, 0.2) is 0 Å². The van der Waals surface area contributed by atoms with Crippen LogP contribution in [0.5, 0.6) is 5.75 Å². The van der Waals surface area contributed by atoms with Gasteiger partial charge < -0.3 is 9.84 Å². The molecule has 5 nitrogen and oxygen atoms in total. The van der Waals surface area contributed by atoms with Crippen molar-refractivity contribution in [3.8, 4) is 5.75 Å². The van der Waals surface area contributed by atoms with Crippen LogP contribution in [0.2, 0.25) is 0 Å². The van der Waals surface area contributed by atoms with Crippen LogP contribution in [0, 0.1) is 0 Å². The number of fused-ring (bicyclic) bond motifs is 1. The minimum Gasteiger partial charge on any atom is -0.497 e. The van der Waals surface area contributed by atoms with E-state index in [0.29, 0.717) is 25.2 Å². The number of hydrogen-bond acceptors (Lipinski definition) is 5. The van der Waals surface area contributed by atoms with Crippen LogP contribution >= 0.6 is 0 Å². The Morgan fingerprint density at radius 3 is 2.82 bits per heavy atom. The van der Waals surface area contributed by atoms with Crippen LogP contribution in [0.4, 0.5) is 0 Å². The molecule has 3 rings (SSSR count). The minimum atomic E-state index is -0.606. The molecule has 0 bridgehead atoms. The number of methoxy groups -OCH3 is 1. The van der Waals surface area contributed by atoms with Gasteiger partial charge in [-0.1, -0.05) is 0 Å². The van der Waals surface area contributed by atoms with Crippen molar-refractivity contribution in [2.24, 2.45) is 0 Å². The largest absolute Gasteiger partial charge is 0.497 e. The molecular formula is C17H20N2O3. The van der Waals surface area contributed by atoms with Crippen molar-refractivity contribution in [2.75, 3.05) is 26.7 Å². The van der Waals surface area contributed by atoms with E-state index in [1.807, 2.05) is 24.3 Å². The summed E-state index contributed by atoms with van der Waals surface area (Å²) in [7, 11) is 1.62. The van der Waals surface area contributed by atoms with Crippen molar-refractivity contribution in [3.63, 3.8) is 0 Å². The van der Waals surface area contributed by atoms with Gasteiger partial charge in [-0.15, -0.1) is 0 Å². The number of piperidine rings is 1.